The highest BCUT2D eigenvalue weighted by atomic mass is 16.4. The number of aliphatic carboxylic acids is 1. The smallest absolute Gasteiger partial charge is 0.307 e. The Kier molecular flexibility index (Phi) is 1.85. The van der Waals surface area contributed by atoms with Crippen LogP contribution in [0.2, 0.25) is 0 Å². The molecule has 0 radical (unpaired) electrons. The number of carboxylic acids is 1. The van der Waals surface area contributed by atoms with E-state index >= 15 is 0 Å². The summed E-state index contributed by atoms with van der Waals surface area (Å²) in [5.74, 6) is 1.03. The molecule has 2 nitrogen and oxygen atoms in total. The van der Waals surface area contributed by atoms with Gasteiger partial charge in [0.2, 0.25) is 0 Å². The van der Waals surface area contributed by atoms with Crippen molar-refractivity contribution in [2.45, 2.75) is 32.6 Å². The van der Waals surface area contributed by atoms with Crippen LogP contribution in [0.25, 0.3) is 0 Å². The first-order valence-electron chi connectivity index (χ1n) is 4.93. The first kappa shape index (κ1) is 8.09. The maximum atomic E-state index is 11.0. The number of carboxylic acid groups (broad SMARTS) is 1. The molecule has 0 amide bonds. The average molecular weight is 168 g/mol. The van der Waals surface area contributed by atoms with Crippen LogP contribution in [0.1, 0.15) is 32.6 Å². The topological polar surface area (TPSA) is 37.3 Å². The number of fused-ring (bicyclic) bond motifs is 3. The fourth-order valence-electron chi connectivity index (χ4n) is 3.18. The van der Waals surface area contributed by atoms with E-state index in [9.17, 15) is 4.79 Å². The van der Waals surface area contributed by atoms with Crippen molar-refractivity contribution in [2.75, 3.05) is 0 Å². The molecule has 12 heavy (non-hydrogen) atoms. The second-order valence-corrected chi connectivity index (χ2v) is 4.40. The Balaban J connectivity index is 2.18. The molecule has 3 aliphatic rings. The highest BCUT2D eigenvalue weighted by Crippen LogP contribution is 2.48. The molecule has 2 atom stereocenters. The quantitative estimate of drug-likeness (QED) is 0.651. The van der Waals surface area contributed by atoms with Crippen LogP contribution in [0, 0.1) is 23.7 Å². The molecule has 2 bridgehead atoms. The Hall–Kier alpha value is -0.530. The molecule has 0 spiro atoms. The number of hydrogen-bond donors (Lipinski definition) is 1. The Morgan fingerprint density at radius 1 is 1.17 bits per heavy atom. The summed E-state index contributed by atoms with van der Waals surface area (Å²) in [6.45, 7) is 2.12. The second-order valence-electron chi connectivity index (χ2n) is 4.40. The minimum atomic E-state index is -0.558. The van der Waals surface area contributed by atoms with E-state index in [-0.39, 0.29) is 5.92 Å². The molecule has 0 saturated heterocycles. The Morgan fingerprint density at radius 2 is 1.67 bits per heavy atom. The SMILES string of the molecule is CC1C2CCC(CC2)C1C(=O)O. The largest absolute Gasteiger partial charge is 0.481 e. The van der Waals surface area contributed by atoms with Gasteiger partial charge in [-0.25, -0.2) is 0 Å². The summed E-state index contributed by atoms with van der Waals surface area (Å²) in [6, 6.07) is 0. The van der Waals surface area contributed by atoms with Gasteiger partial charge in [-0.1, -0.05) is 6.92 Å². The van der Waals surface area contributed by atoms with Crippen molar-refractivity contribution in [3.05, 3.63) is 0 Å². The lowest BCUT2D eigenvalue weighted by Gasteiger charge is -2.45. The third-order valence-corrected chi connectivity index (χ3v) is 3.92. The van der Waals surface area contributed by atoms with Crippen LogP contribution in [0.15, 0.2) is 0 Å². The lowest BCUT2D eigenvalue weighted by Crippen LogP contribution is -2.42. The fourth-order valence-corrected chi connectivity index (χ4v) is 3.18. The van der Waals surface area contributed by atoms with Crippen molar-refractivity contribution in [3.8, 4) is 0 Å². The monoisotopic (exact) mass is 168 g/mol. The normalized spacial score (nSPS) is 46.1. The maximum absolute atomic E-state index is 11.0. The van der Waals surface area contributed by atoms with Crippen molar-refractivity contribution in [1.82, 2.24) is 0 Å². The van der Waals surface area contributed by atoms with E-state index in [4.69, 9.17) is 5.11 Å². The van der Waals surface area contributed by atoms with E-state index < -0.39 is 5.97 Å². The molecule has 3 fully saturated rings. The van der Waals surface area contributed by atoms with Crippen LogP contribution in [0.4, 0.5) is 0 Å². The van der Waals surface area contributed by atoms with Crippen molar-refractivity contribution in [2.24, 2.45) is 23.7 Å². The van der Waals surface area contributed by atoms with Crippen LogP contribution < -0.4 is 0 Å². The molecule has 2 unspecified atom stereocenters. The van der Waals surface area contributed by atoms with Gasteiger partial charge in [0.1, 0.15) is 0 Å². The molecule has 0 aromatic carbocycles. The molecule has 0 heterocycles. The number of carbonyl (C=O) groups is 1. The minimum Gasteiger partial charge on any atom is -0.481 e. The summed E-state index contributed by atoms with van der Waals surface area (Å²) >= 11 is 0. The van der Waals surface area contributed by atoms with Gasteiger partial charge in [0, 0.05) is 0 Å². The van der Waals surface area contributed by atoms with E-state index in [0.717, 1.165) is 12.8 Å². The summed E-state index contributed by atoms with van der Waals surface area (Å²) < 4.78 is 0. The molecule has 0 aromatic rings. The summed E-state index contributed by atoms with van der Waals surface area (Å²) in [5, 5.41) is 9.03. The van der Waals surface area contributed by atoms with E-state index in [1.54, 1.807) is 0 Å². The third-order valence-electron chi connectivity index (χ3n) is 3.92. The zero-order valence-corrected chi connectivity index (χ0v) is 7.49. The number of hydrogen-bond acceptors (Lipinski definition) is 1. The van der Waals surface area contributed by atoms with Crippen molar-refractivity contribution < 1.29 is 9.90 Å². The fraction of sp³-hybridized carbons (Fsp3) is 0.900. The lowest BCUT2D eigenvalue weighted by atomic mass is 9.59. The molecule has 68 valence electrons. The first-order chi connectivity index (χ1) is 5.70. The van der Waals surface area contributed by atoms with E-state index in [1.165, 1.54) is 12.8 Å². The number of rotatable bonds is 1. The summed E-state index contributed by atoms with van der Waals surface area (Å²) in [7, 11) is 0. The summed E-state index contributed by atoms with van der Waals surface area (Å²) in [6.07, 6.45) is 4.86. The van der Waals surface area contributed by atoms with Gasteiger partial charge in [-0.3, -0.25) is 4.79 Å². The molecule has 2 heteroatoms. The van der Waals surface area contributed by atoms with E-state index in [2.05, 4.69) is 6.92 Å². The van der Waals surface area contributed by atoms with Gasteiger partial charge in [0.05, 0.1) is 5.92 Å². The van der Waals surface area contributed by atoms with Crippen LogP contribution in [-0.4, -0.2) is 11.1 Å². The Morgan fingerprint density at radius 3 is 2.00 bits per heavy atom. The maximum Gasteiger partial charge on any atom is 0.307 e. The summed E-state index contributed by atoms with van der Waals surface area (Å²) in [5.41, 5.74) is 0. The summed E-state index contributed by atoms with van der Waals surface area (Å²) in [4.78, 5) is 11.0. The van der Waals surface area contributed by atoms with Gasteiger partial charge in [-0.15, -0.1) is 0 Å². The van der Waals surface area contributed by atoms with E-state index in [0.29, 0.717) is 17.8 Å². The van der Waals surface area contributed by atoms with Crippen molar-refractivity contribution >= 4 is 5.97 Å². The molecule has 3 rings (SSSR count). The van der Waals surface area contributed by atoms with Crippen molar-refractivity contribution in [1.29, 1.82) is 0 Å². The van der Waals surface area contributed by atoms with Gasteiger partial charge in [-0.05, 0) is 43.4 Å². The van der Waals surface area contributed by atoms with Crippen molar-refractivity contribution in [3.63, 3.8) is 0 Å². The lowest BCUT2D eigenvalue weighted by molar-refractivity contribution is -0.151. The standard InChI is InChI=1S/C10H16O2/c1-6-7-2-4-8(5-3-7)9(6)10(11)12/h6-9H,2-5H2,1H3,(H,11,12). The Labute approximate surface area is 73.0 Å². The molecule has 3 saturated carbocycles. The second kappa shape index (κ2) is 2.75. The predicted molar refractivity (Wildman–Crippen MR) is 45.7 cm³/mol. The third kappa shape index (κ3) is 1.05. The molecule has 0 aromatic heterocycles. The van der Waals surface area contributed by atoms with Gasteiger partial charge in [0.25, 0.3) is 0 Å². The molecule has 0 aliphatic heterocycles. The first-order valence-corrected chi connectivity index (χ1v) is 4.93. The average Bonchev–Trinajstić information content (AvgIpc) is 2.05. The van der Waals surface area contributed by atoms with Gasteiger partial charge >= 0.3 is 5.97 Å². The van der Waals surface area contributed by atoms with Gasteiger partial charge < -0.3 is 5.11 Å². The predicted octanol–water partition coefficient (Wildman–Crippen LogP) is 2.14. The molecular weight excluding hydrogens is 152 g/mol. The highest BCUT2D eigenvalue weighted by molar-refractivity contribution is 5.71. The molecular formula is C10H16O2. The molecule has 3 aliphatic carbocycles. The van der Waals surface area contributed by atoms with Crippen LogP contribution in [0.3, 0.4) is 0 Å². The molecule has 1 N–H and O–H groups in total. The van der Waals surface area contributed by atoms with Crippen LogP contribution >= 0.6 is 0 Å². The minimum absolute atomic E-state index is 0.0301. The van der Waals surface area contributed by atoms with Crippen LogP contribution in [-0.2, 0) is 4.79 Å². The van der Waals surface area contributed by atoms with Gasteiger partial charge in [-0.2, -0.15) is 0 Å². The van der Waals surface area contributed by atoms with Crippen LogP contribution in [0.5, 0.6) is 0 Å². The zero-order valence-electron chi connectivity index (χ0n) is 7.49. The highest BCUT2D eigenvalue weighted by Gasteiger charge is 2.44. The van der Waals surface area contributed by atoms with Gasteiger partial charge in [0.15, 0.2) is 0 Å². The zero-order chi connectivity index (χ0) is 8.72. The Bertz CT molecular complexity index is 190. The van der Waals surface area contributed by atoms with E-state index in [1.807, 2.05) is 0 Å².